The molecule has 0 spiro atoms. The standard InChI is InChI=1S/C21H22N2O4S2/c1-27-17-9-5-8-16(12-17)23-18-13-29(25,26)14-19(18)28-21(23)22-20(24)11-10-15-6-3-2-4-7-15/h2-9,12,18-19H,10-11,13-14H2,1H3/t18-,19+/m1/s1. The lowest BCUT2D eigenvalue weighted by molar-refractivity contribution is -0.117. The summed E-state index contributed by atoms with van der Waals surface area (Å²) in [7, 11) is -1.51. The highest BCUT2D eigenvalue weighted by Gasteiger charge is 2.49. The Labute approximate surface area is 174 Å². The molecule has 2 heterocycles. The summed E-state index contributed by atoms with van der Waals surface area (Å²) in [6.07, 6.45) is 0.940. The number of amides is 1. The van der Waals surface area contributed by atoms with Gasteiger partial charge in [0.25, 0.3) is 0 Å². The summed E-state index contributed by atoms with van der Waals surface area (Å²) in [5.41, 5.74) is 1.88. The quantitative estimate of drug-likeness (QED) is 0.726. The van der Waals surface area contributed by atoms with Crippen molar-refractivity contribution in [3.8, 4) is 5.75 Å². The lowest BCUT2D eigenvalue weighted by Gasteiger charge is -2.24. The Morgan fingerprint density at radius 3 is 2.72 bits per heavy atom. The van der Waals surface area contributed by atoms with Crippen LogP contribution in [0.25, 0.3) is 0 Å². The van der Waals surface area contributed by atoms with Gasteiger partial charge in [-0.3, -0.25) is 4.79 Å². The highest BCUT2D eigenvalue weighted by atomic mass is 32.2. The average molecular weight is 431 g/mol. The zero-order valence-corrected chi connectivity index (χ0v) is 17.7. The number of carbonyl (C=O) groups excluding carboxylic acids is 1. The van der Waals surface area contributed by atoms with Gasteiger partial charge in [0.1, 0.15) is 5.75 Å². The Kier molecular flexibility index (Phi) is 5.65. The molecule has 6 nitrogen and oxygen atoms in total. The average Bonchev–Trinajstić information content (AvgIpc) is 3.17. The van der Waals surface area contributed by atoms with E-state index in [1.165, 1.54) is 11.8 Å². The van der Waals surface area contributed by atoms with Crippen LogP contribution in [0.1, 0.15) is 12.0 Å². The number of nitrogens with zero attached hydrogens (tertiary/aromatic N) is 2. The molecule has 29 heavy (non-hydrogen) atoms. The van der Waals surface area contributed by atoms with Crippen LogP contribution in [-0.4, -0.2) is 49.4 Å². The number of aliphatic imine (C=N–C) groups is 1. The van der Waals surface area contributed by atoms with Crippen molar-refractivity contribution < 1.29 is 17.9 Å². The molecule has 0 bridgehead atoms. The van der Waals surface area contributed by atoms with Crippen LogP contribution in [0.4, 0.5) is 5.69 Å². The molecule has 0 saturated carbocycles. The van der Waals surface area contributed by atoms with Crippen molar-refractivity contribution in [1.29, 1.82) is 0 Å². The smallest absolute Gasteiger partial charge is 0.248 e. The van der Waals surface area contributed by atoms with E-state index < -0.39 is 9.84 Å². The van der Waals surface area contributed by atoms with Gasteiger partial charge in [0.15, 0.2) is 15.0 Å². The van der Waals surface area contributed by atoms with Gasteiger partial charge in [-0.25, -0.2) is 8.42 Å². The van der Waals surface area contributed by atoms with Gasteiger partial charge in [0, 0.05) is 23.4 Å². The second kappa shape index (κ2) is 8.20. The van der Waals surface area contributed by atoms with Gasteiger partial charge in [0.05, 0.1) is 24.7 Å². The number of amidine groups is 1. The van der Waals surface area contributed by atoms with Crippen molar-refractivity contribution in [3.05, 3.63) is 60.2 Å². The van der Waals surface area contributed by atoms with Crippen LogP contribution in [0.2, 0.25) is 0 Å². The van der Waals surface area contributed by atoms with Crippen LogP contribution in [-0.2, 0) is 21.1 Å². The zero-order chi connectivity index (χ0) is 20.4. The van der Waals surface area contributed by atoms with Crippen molar-refractivity contribution in [2.24, 2.45) is 4.99 Å². The third-order valence-corrected chi connectivity index (χ3v) is 8.30. The van der Waals surface area contributed by atoms with E-state index in [9.17, 15) is 13.2 Å². The first-order valence-corrected chi connectivity index (χ1v) is 12.1. The van der Waals surface area contributed by atoms with Gasteiger partial charge in [0.2, 0.25) is 5.91 Å². The maximum atomic E-state index is 12.5. The number of benzene rings is 2. The third kappa shape index (κ3) is 4.48. The first-order valence-electron chi connectivity index (χ1n) is 9.41. The number of anilines is 1. The Hall–Kier alpha value is -2.32. The maximum Gasteiger partial charge on any atom is 0.248 e. The second-order valence-electron chi connectivity index (χ2n) is 7.15. The fraction of sp³-hybridized carbons (Fsp3) is 0.333. The van der Waals surface area contributed by atoms with Crippen molar-refractivity contribution in [1.82, 2.24) is 0 Å². The van der Waals surface area contributed by atoms with E-state index in [0.29, 0.717) is 23.8 Å². The summed E-state index contributed by atoms with van der Waals surface area (Å²) in [5.74, 6) is 0.651. The number of aryl methyl sites for hydroxylation is 1. The number of carbonyl (C=O) groups is 1. The molecule has 0 aromatic heterocycles. The fourth-order valence-electron chi connectivity index (χ4n) is 3.69. The molecule has 4 rings (SSSR count). The van der Waals surface area contributed by atoms with Gasteiger partial charge in [-0.15, -0.1) is 0 Å². The minimum absolute atomic E-state index is 0.0686. The van der Waals surface area contributed by atoms with Gasteiger partial charge < -0.3 is 9.64 Å². The number of hydrogen-bond donors (Lipinski definition) is 0. The molecule has 2 atom stereocenters. The lowest BCUT2D eigenvalue weighted by atomic mass is 10.1. The molecule has 0 aliphatic carbocycles. The highest BCUT2D eigenvalue weighted by Crippen LogP contribution is 2.41. The molecule has 0 radical (unpaired) electrons. The van der Waals surface area contributed by atoms with Crippen molar-refractivity contribution >= 4 is 38.4 Å². The van der Waals surface area contributed by atoms with Gasteiger partial charge >= 0.3 is 0 Å². The van der Waals surface area contributed by atoms with Crippen molar-refractivity contribution in [2.45, 2.75) is 24.1 Å². The topological polar surface area (TPSA) is 76.0 Å². The number of sulfone groups is 1. The molecule has 0 N–H and O–H groups in total. The number of thioether (sulfide) groups is 1. The predicted molar refractivity (Wildman–Crippen MR) is 116 cm³/mol. The Balaban J connectivity index is 1.59. The van der Waals surface area contributed by atoms with Crippen molar-refractivity contribution in [2.75, 3.05) is 23.5 Å². The van der Waals surface area contributed by atoms with E-state index in [1.807, 2.05) is 59.5 Å². The molecule has 2 aliphatic rings. The Morgan fingerprint density at radius 2 is 1.97 bits per heavy atom. The fourth-order valence-corrected chi connectivity index (χ4v) is 7.62. The summed E-state index contributed by atoms with van der Waals surface area (Å²) in [4.78, 5) is 18.8. The minimum Gasteiger partial charge on any atom is -0.497 e. The molecule has 2 aromatic carbocycles. The second-order valence-corrected chi connectivity index (χ2v) is 10.5. The molecular formula is C21H22N2O4S2. The van der Waals surface area contributed by atoms with E-state index in [0.717, 1.165) is 11.3 Å². The summed E-state index contributed by atoms with van der Waals surface area (Å²) < 4.78 is 29.6. The number of methoxy groups -OCH3 is 1. The largest absolute Gasteiger partial charge is 0.497 e. The number of ether oxygens (including phenoxy) is 1. The third-order valence-electron chi connectivity index (χ3n) is 5.09. The highest BCUT2D eigenvalue weighted by molar-refractivity contribution is 8.16. The number of fused-ring (bicyclic) bond motifs is 1. The number of rotatable bonds is 5. The molecule has 2 aromatic rings. The molecule has 1 amide bonds. The van der Waals surface area contributed by atoms with Gasteiger partial charge in [-0.1, -0.05) is 48.2 Å². The minimum atomic E-state index is -3.09. The van der Waals surface area contributed by atoms with E-state index in [2.05, 4.69) is 4.99 Å². The molecule has 2 aliphatic heterocycles. The lowest BCUT2D eigenvalue weighted by Crippen LogP contribution is -2.37. The normalized spacial score (nSPS) is 23.9. The molecule has 8 heteroatoms. The zero-order valence-electron chi connectivity index (χ0n) is 16.0. The van der Waals surface area contributed by atoms with E-state index in [-0.39, 0.29) is 28.7 Å². The van der Waals surface area contributed by atoms with E-state index in [1.54, 1.807) is 7.11 Å². The summed E-state index contributed by atoms with van der Waals surface area (Å²) in [6, 6.07) is 17.0. The molecular weight excluding hydrogens is 408 g/mol. The molecule has 0 unspecified atom stereocenters. The van der Waals surface area contributed by atoms with E-state index in [4.69, 9.17) is 4.74 Å². The molecule has 152 valence electrons. The number of hydrogen-bond acceptors (Lipinski definition) is 5. The predicted octanol–water partition coefficient (Wildman–Crippen LogP) is 2.93. The first kappa shape index (κ1) is 20.0. The molecule has 2 fully saturated rings. The summed E-state index contributed by atoms with van der Waals surface area (Å²) >= 11 is 1.39. The van der Waals surface area contributed by atoms with Crippen LogP contribution in [0.15, 0.2) is 59.6 Å². The Bertz CT molecular complexity index is 1040. The Morgan fingerprint density at radius 1 is 1.17 bits per heavy atom. The van der Waals surface area contributed by atoms with Crippen LogP contribution in [0.3, 0.4) is 0 Å². The monoisotopic (exact) mass is 430 g/mol. The van der Waals surface area contributed by atoms with E-state index >= 15 is 0 Å². The first-order chi connectivity index (χ1) is 13.9. The van der Waals surface area contributed by atoms with Crippen LogP contribution < -0.4 is 9.64 Å². The van der Waals surface area contributed by atoms with Gasteiger partial charge in [-0.05, 0) is 24.1 Å². The summed E-state index contributed by atoms with van der Waals surface area (Å²) in [6.45, 7) is 0. The molecule has 2 saturated heterocycles. The maximum absolute atomic E-state index is 12.5. The van der Waals surface area contributed by atoms with Crippen molar-refractivity contribution in [3.63, 3.8) is 0 Å². The van der Waals surface area contributed by atoms with Crippen LogP contribution >= 0.6 is 11.8 Å². The summed E-state index contributed by atoms with van der Waals surface area (Å²) in [5, 5.41) is 0.452. The van der Waals surface area contributed by atoms with Crippen LogP contribution in [0.5, 0.6) is 5.75 Å². The van der Waals surface area contributed by atoms with Crippen LogP contribution in [0, 0.1) is 0 Å². The SMILES string of the molecule is COc1cccc(N2C(=NC(=O)CCc3ccccc3)S[C@H]3CS(=O)(=O)C[C@H]32)c1. The van der Waals surface area contributed by atoms with Gasteiger partial charge in [-0.2, -0.15) is 4.99 Å².